The Labute approximate surface area is 235 Å². The number of halogens is 2. The average Bonchev–Trinajstić information content (AvgIpc) is 3.44. The van der Waals surface area contributed by atoms with Crippen molar-refractivity contribution in [1.29, 1.82) is 0 Å². The van der Waals surface area contributed by atoms with Crippen LogP contribution in [0.5, 0.6) is 0 Å². The van der Waals surface area contributed by atoms with Crippen molar-refractivity contribution < 1.29 is 14.3 Å². The first-order chi connectivity index (χ1) is 18.8. The minimum atomic E-state index is -1.18. The molecular weight excluding hydrogens is 513 g/mol. The Morgan fingerprint density at radius 2 is 1.69 bits per heavy atom. The average molecular weight is 550 g/mol. The molecule has 0 spiro atoms. The van der Waals surface area contributed by atoms with Gasteiger partial charge in [0.15, 0.2) is 0 Å². The predicted molar refractivity (Wildman–Crippen MR) is 155 cm³/mol. The zero-order chi connectivity index (χ0) is 27.5. The molecule has 3 aromatic rings. The van der Waals surface area contributed by atoms with E-state index >= 15 is 0 Å². The van der Waals surface area contributed by atoms with Gasteiger partial charge in [-0.05, 0) is 92.6 Å². The fourth-order valence-electron chi connectivity index (χ4n) is 6.17. The fraction of sp³-hybridized carbons (Fsp3) is 0.406. The van der Waals surface area contributed by atoms with Crippen LogP contribution in [-0.4, -0.2) is 28.5 Å². The Morgan fingerprint density at radius 1 is 0.974 bits per heavy atom. The van der Waals surface area contributed by atoms with E-state index in [9.17, 15) is 14.3 Å². The van der Waals surface area contributed by atoms with Crippen LogP contribution in [0.1, 0.15) is 73.0 Å². The molecule has 1 aliphatic carbocycles. The largest absolute Gasteiger partial charge is 0.382 e. The van der Waals surface area contributed by atoms with Gasteiger partial charge in [-0.3, -0.25) is 9.69 Å². The Balaban J connectivity index is 1.47. The summed E-state index contributed by atoms with van der Waals surface area (Å²) in [6.45, 7) is 4.25. The molecule has 2 fully saturated rings. The molecule has 0 aromatic heterocycles. The molecule has 3 N–H and O–H groups in total. The van der Waals surface area contributed by atoms with Crippen LogP contribution in [0.3, 0.4) is 0 Å². The van der Waals surface area contributed by atoms with Gasteiger partial charge in [0, 0.05) is 40.6 Å². The van der Waals surface area contributed by atoms with Gasteiger partial charge in [0.2, 0.25) is 5.91 Å². The van der Waals surface area contributed by atoms with Gasteiger partial charge >= 0.3 is 0 Å². The zero-order valence-electron chi connectivity index (χ0n) is 22.6. The third kappa shape index (κ3) is 6.13. The number of carbonyl (C=O) groups excluding carboxylic acids is 1. The van der Waals surface area contributed by atoms with E-state index in [2.05, 4.69) is 22.8 Å². The summed E-state index contributed by atoms with van der Waals surface area (Å²) in [5.41, 5.74) is 4.48. The predicted octanol–water partition coefficient (Wildman–Crippen LogP) is 7.53. The summed E-state index contributed by atoms with van der Waals surface area (Å²) in [7, 11) is 0. The maximum absolute atomic E-state index is 15.0. The van der Waals surface area contributed by atoms with Crippen molar-refractivity contribution in [3.63, 3.8) is 0 Å². The number of benzene rings is 3. The molecule has 206 valence electrons. The topological polar surface area (TPSA) is 64.6 Å². The van der Waals surface area contributed by atoms with Gasteiger partial charge in [0.25, 0.3) is 0 Å². The molecule has 39 heavy (non-hydrogen) atoms. The number of hydrogen-bond donors (Lipinski definition) is 3. The summed E-state index contributed by atoms with van der Waals surface area (Å²) < 4.78 is 15.0. The van der Waals surface area contributed by atoms with Crippen molar-refractivity contribution in [2.45, 2.75) is 70.7 Å². The standard InChI is InChI=1S/C32H37ClFN3O2/c1-20-7-5-11-28(34)29(20)32(39)37-18-6-10-26(31(38)36-25-16-17-27(33)21(2)19-25)30(37)22-12-14-24(15-13-22)35-23-8-3-4-9-23/h5,7,11-17,19,23,26,30,32,35,39H,3-4,6,8-10,18H2,1-2H3,(H,36,38). The first-order valence-corrected chi connectivity index (χ1v) is 14.3. The first kappa shape index (κ1) is 27.6. The minimum absolute atomic E-state index is 0.128. The lowest BCUT2D eigenvalue weighted by atomic mass is 9.83. The van der Waals surface area contributed by atoms with E-state index in [4.69, 9.17) is 11.6 Å². The summed E-state index contributed by atoms with van der Waals surface area (Å²) in [4.78, 5) is 15.6. The maximum atomic E-state index is 15.0. The van der Waals surface area contributed by atoms with Crippen molar-refractivity contribution in [3.05, 3.63) is 93.8 Å². The second kappa shape index (κ2) is 12.1. The lowest BCUT2D eigenvalue weighted by Gasteiger charge is -2.43. The highest BCUT2D eigenvalue weighted by Gasteiger charge is 2.41. The molecule has 5 nitrogen and oxygen atoms in total. The van der Waals surface area contributed by atoms with E-state index in [1.807, 2.05) is 30.0 Å². The van der Waals surface area contributed by atoms with E-state index in [0.29, 0.717) is 41.7 Å². The number of aliphatic hydroxyl groups is 1. The van der Waals surface area contributed by atoms with E-state index in [0.717, 1.165) is 16.8 Å². The lowest BCUT2D eigenvalue weighted by molar-refractivity contribution is -0.128. The van der Waals surface area contributed by atoms with Crippen LogP contribution in [0.4, 0.5) is 15.8 Å². The van der Waals surface area contributed by atoms with Crippen LogP contribution in [0.25, 0.3) is 0 Å². The van der Waals surface area contributed by atoms with Crippen LogP contribution < -0.4 is 10.6 Å². The highest BCUT2D eigenvalue weighted by molar-refractivity contribution is 6.31. The van der Waals surface area contributed by atoms with Crippen LogP contribution in [0.15, 0.2) is 60.7 Å². The summed E-state index contributed by atoms with van der Waals surface area (Å²) in [5.74, 6) is -1.01. The van der Waals surface area contributed by atoms with Crippen LogP contribution in [0.2, 0.25) is 5.02 Å². The van der Waals surface area contributed by atoms with Gasteiger partial charge in [-0.15, -0.1) is 0 Å². The van der Waals surface area contributed by atoms with E-state index in [-0.39, 0.29) is 11.5 Å². The third-order valence-corrected chi connectivity index (χ3v) is 8.68. The fourth-order valence-corrected chi connectivity index (χ4v) is 6.29. The number of nitrogens with zero attached hydrogens (tertiary/aromatic N) is 1. The first-order valence-electron chi connectivity index (χ1n) is 13.9. The van der Waals surface area contributed by atoms with E-state index in [1.54, 1.807) is 31.2 Å². The van der Waals surface area contributed by atoms with Crippen LogP contribution >= 0.6 is 11.6 Å². The van der Waals surface area contributed by atoms with E-state index < -0.39 is 24.0 Å². The van der Waals surface area contributed by atoms with Gasteiger partial charge in [-0.2, -0.15) is 0 Å². The molecule has 1 saturated heterocycles. The number of likely N-dealkylation sites (tertiary alicyclic amines) is 1. The molecule has 7 heteroatoms. The number of amides is 1. The minimum Gasteiger partial charge on any atom is -0.382 e. The molecule has 3 unspecified atom stereocenters. The van der Waals surface area contributed by atoms with Crippen LogP contribution in [0, 0.1) is 25.6 Å². The van der Waals surface area contributed by atoms with Crippen LogP contribution in [-0.2, 0) is 4.79 Å². The molecule has 3 atom stereocenters. The number of aryl methyl sites for hydroxylation is 2. The molecule has 5 rings (SSSR count). The Hall–Kier alpha value is -2.93. The van der Waals surface area contributed by atoms with Crippen molar-refractivity contribution in [1.82, 2.24) is 4.90 Å². The number of rotatable bonds is 7. The molecule has 1 aliphatic heterocycles. The number of anilines is 2. The van der Waals surface area contributed by atoms with Crippen molar-refractivity contribution in [3.8, 4) is 0 Å². The monoisotopic (exact) mass is 549 g/mol. The quantitative estimate of drug-likeness (QED) is 0.285. The lowest BCUT2D eigenvalue weighted by Crippen LogP contribution is -2.45. The summed E-state index contributed by atoms with van der Waals surface area (Å²) in [5, 5.41) is 18.9. The molecule has 2 aliphatic rings. The Morgan fingerprint density at radius 3 is 2.38 bits per heavy atom. The van der Waals surface area contributed by atoms with Crippen molar-refractivity contribution in [2.75, 3.05) is 17.2 Å². The normalized spacial score (nSPS) is 21.1. The summed E-state index contributed by atoms with van der Waals surface area (Å²) in [6, 6.07) is 18.5. The SMILES string of the molecule is Cc1cc(NC(=O)C2CCCN(C(O)c3c(C)cccc3F)C2c2ccc(NC3CCCC3)cc2)ccc1Cl. The number of nitrogens with one attached hydrogen (secondary N) is 2. The van der Waals surface area contributed by atoms with Crippen molar-refractivity contribution >= 4 is 28.9 Å². The third-order valence-electron chi connectivity index (χ3n) is 8.25. The van der Waals surface area contributed by atoms with E-state index in [1.165, 1.54) is 31.7 Å². The highest BCUT2D eigenvalue weighted by Crippen LogP contribution is 2.42. The summed E-state index contributed by atoms with van der Waals surface area (Å²) >= 11 is 6.19. The summed E-state index contributed by atoms with van der Waals surface area (Å²) in [6.07, 6.45) is 5.05. The molecule has 3 aromatic carbocycles. The molecule has 1 amide bonds. The number of piperidine rings is 1. The molecule has 0 radical (unpaired) electrons. The van der Waals surface area contributed by atoms with Gasteiger partial charge < -0.3 is 15.7 Å². The number of hydrogen-bond acceptors (Lipinski definition) is 4. The second-order valence-corrected chi connectivity index (χ2v) is 11.4. The maximum Gasteiger partial charge on any atom is 0.229 e. The highest BCUT2D eigenvalue weighted by atomic mass is 35.5. The second-order valence-electron chi connectivity index (χ2n) is 11.0. The van der Waals surface area contributed by atoms with Gasteiger partial charge in [-0.1, -0.05) is 48.7 Å². The molecule has 1 saturated carbocycles. The molecular formula is C32H37ClFN3O2. The zero-order valence-corrected chi connectivity index (χ0v) is 23.3. The molecule has 0 bridgehead atoms. The number of carbonyl (C=O) groups is 1. The van der Waals surface area contributed by atoms with Gasteiger partial charge in [0.05, 0.1) is 5.92 Å². The number of aliphatic hydroxyl groups excluding tert-OH is 1. The molecule has 1 heterocycles. The van der Waals surface area contributed by atoms with Gasteiger partial charge in [-0.25, -0.2) is 4.39 Å². The smallest absolute Gasteiger partial charge is 0.229 e. The van der Waals surface area contributed by atoms with Crippen molar-refractivity contribution in [2.24, 2.45) is 5.92 Å². The Kier molecular flexibility index (Phi) is 8.55. The Bertz CT molecular complexity index is 1290. The van der Waals surface area contributed by atoms with Gasteiger partial charge in [0.1, 0.15) is 12.0 Å².